The molecule has 31 heavy (non-hydrogen) atoms. The van der Waals surface area contributed by atoms with Gasteiger partial charge in [0.25, 0.3) is 5.91 Å². The minimum atomic E-state index is -0.616. The Balaban J connectivity index is 1.50. The summed E-state index contributed by atoms with van der Waals surface area (Å²) in [5.41, 5.74) is 3.37. The number of benzene rings is 2. The second kappa shape index (κ2) is 11.2. The van der Waals surface area contributed by atoms with Gasteiger partial charge in [-0.05, 0) is 43.3 Å². The van der Waals surface area contributed by atoms with Crippen LogP contribution in [-0.4, -0.2) is 54.6 Å². The summed E-state index contributed by atoms with van der Waals surface area (Å²) in [6.45, 7) is 7.61. The third-order valence-electron chi connectivity index (χ3n) is 4.96. The van der Waals surface area contributed by atoms with Crippen molar-refractivity contribution in [2.45, 2.75) is 26.0 Å². The normalized spacial score (nSPS) is 15.4. The fourth-order valence-electron chi connectivity index (χ4n) is 3.43. The Hall–Kier alpha value is -3.29. The maximum Gasteiger partial charge on any atom is 0.275 e. The summed E-state index contributed by atoms with van der Waals surface area (Å²) in [6, 6.07) is 15.4. The first kappa shape index (κ1) is 22.4. The van der Waals surface area contributed by atoms with Crippen LogP contribution in [0.25, 0.3) is 0 Å². The minimum Gasteiger partial charge on any atom is -0.491 e. The van der Waals surface area contributed by atoms with Crippen molar-refractivity contribution in [1.82, 2.24) is 4.90 Å². The summed E-state index contributed by atoms with van der Waals surface area (Å²) in [6.07, 6.45) is 3.28. The maximum absolute atomic E-state index is 12.3. The molecule has 0 aliphatic carbocycles. The molecule has 7 heteroatoms. The highest BCUT2D eigenvalue weighted by molar-refractivity contribution is 6.04. The van der Waals surface area contributed by atoms with Gasteiger partial charge in [-0.15, -0.1) is 0 Å². The molecule has 1 atom stereocenters. The quantitative estimate of drug-likeness (QED) is 0.482. The van der Waals surface area contributed by atoms with Gasteiger partial charge in [-0.25, -0.2) is 0 Å². The van der Waals surface area contributed by atoms with Gasteiger partial charge in [0, 0.05) is 37.6 Å². The second-order valence-corrected chi connectivity index (χ2v) is 7.28. The summed E-state index contributed by atoms with van der Waals surface area (Å²) in [5, 5.41) is 13.2. The van der Waals surface area contributed by atoms with Gasteiger partial charge >= 0.3 is 0 Å². The van der Waals surface area contributed by atoms with Gasteiger partial charge in [-0.3, -0.25) is 19.7 Å². The Kier molecular flexibility index (Phi) is 8.09. The van der Waals surface area contributed by atoms with Crippen LogP contribution in [0.5, 0.6) is 5.75 Å². The number of amides is 1. The number of anilines is 1. The number of aliphatic hydroxyl groups excluding tert-OH is 1. The number of rotatable bonds is 9. The molecule has 3 rings (SSSR count). The molecule has 0 bridgehead atoms. The van der Waals surface area contributed by atoms with Crippen LogP contribution in [0.2, 0.25) is 0 Å². The van der Waals surface area contributed by atoms with E-state index in [1.807, 2.05) is 0 Å². The fraction of sp³-hybridized carbons (Fsp3) is 0.292. The first-order valence-corrected chi connectivity index (χ1v) is 10.2. The molecule has 162 valence electrons. The van der Waals surface area contributed by atoms with Crippen molar-refractivity contribution in [3.63, 3.8) is 0 Å². The zero-order valence-corrected chi connectivity index (χ0v) is 17.7. The predicted molar refractivity (Wildman–Crippen MR) is 124 cm³/mol. The van der Waals surface area contributed by atoms with E-state index in [2.05, 4.69) is 51.2 Å². The zero-order valence-electron chi connectivity index (χ0n) is 17.7. The van der Waals surface area contributed by atoms with E-state index in [4.69, 9.17) is 4.74 Å². The van der Waals surface area contributed by atoms with Crippen molar-refractivity contribution in [2.24, 2.45) is 9.98 Å². The van der Waals surface area contributed by atoms with E-state index in [0.29, 0.717) is 18.0 Å². The van der Waals surface area contributed by atoms with Crippen LogP contribution in [0.3, 0.4) is 0 Å². The molecule has 2 aromatic carbocycles. The highest BCUT2D eigenvalue weighted by atomic mass is 16.5. The Labute approximate surface area is 182 Å². The van der Waals surface area contributed by atoms with Crippen LogP contribution in [-0.2, 0) is 17.8 Å². The lowest BCUT2D eigenvalue weighted by atomic mass is 10.00. The average Bonchev–Trinajstić information content (AvgIpc) is 2.78. The van der Waals surface area contributed by atoms with Gasteiger partial charge in [0.2, 0.25) is 0 Å². The molecule has 7 nitrogen and oxygen atoms in total. The number of aliphatic hydroxyl groups is 1. The lowest BCUT2D eigenvalue weighted by Crippen LogP contribution is -2.38. The van der Waals surface area contributed by atoms with E-state index in [-0.39, 0.29) is 12.3 Å². The van der Waals surface area contributed by atoms with Crippen molar-refractivity contribution in [3.8, 4) is 5.75 Å². The highest BCUT2D eigenvalue weighted by Gasteiger charge is 2.18. The topological polar surface area (TPSA) is 86.5 Å². The zero-order chi connectivity index (χ0) is 22.1. The van der Waals surface area contributed by atoms with Crippen LogP contribution in [0.4, 0.5) is 5.69 Å². The summed E-state index contributed by atoms with van der Waals surface area (Å²) in [5.74, 6) is 0.146. The average molecular weight is 421 g/mol. The van der Waals surface area contributed by atoms with Gasteiger partial charge in [0.1, 0.15) is 24.2 Å². The first-order valence-electron chi connectivity index (χ1n) is 10.2. The number of nitrogens with one attached hydrogen (secondary N) is 1. The first-order chi connectivity index (χ1) is 15.1. The number of hydrogen-bond donors (Lipinski definition) is 2. The Bertz CT molecular complexity index is 971. The van der Waals surface area contributed by atoms with Crippen LogP contribution < -0.4 is 10.1 Å². The molecule has 0 aromatic heterocycles. The van der Waals surface area contributed by atoms with Gasteiger partial charge in [-0.1, -0.05) is 30.3 Å². The number of nitrogens with zero attached hydrogens (tertiary/aromatic N) is 3. The third-order valence-corrected chi connectivity index (χ3v) is 4.96. The number of hydrogen-bond acceptors (Lipinski definition) is 6. The molecule has 2 N–H and O–H groups in total. The van der Waals surface area contributed by atoms with Crippen LogP contribution >= 0.6 is 0 Å². The molecular weight excluding hydrogens is 392 g/mol. The molecule has 0 radical (unpaired) electrons. The SMILES string of the molecule is C=N/C(=C\N=C/C)C(=O)Nc1cccc(OCC(O)CN2CCc3ccccc3C2)c1. The minimum absolute atomic E-state index is 0.114. The van der Waals surface area contributed by atoms with Crippen molar-refractivity contribution in [1.29, 1.82) is 0 Å². The molecule has 0 spiro atoms. The number of aliphatic imine (C=N–C) groups is 2. The summed E-state index contributed by atoms with van der Waals surface area (Å²) >= 11 is 0. The maximum atomic E-state index is 12.3. The van der Waals surface area contributed by atoms with E-state index < -0.39 is 12.0 Å². The van der Waals surface area contributed by atoms with E-state index in [1.165, 1.54) is 17.3 Å². The molecular formula is C24H28N4O3. The molecule has 1 unspecified atom stereocenters. The lowest BCUT2D eigenvalue weighted by molar-refractivity contribution is -0.112. The molecule has 1 aliphatic heterocycles. The molecule has 0 saturated carbocycles. The van der Waals surface area contributed by atoms with Crippen LogP contribution in [0.15, 0.2) is 70.4 Å². The second-order valence-electron chi connectivity index (χ2n) is 7.28. The molecule has 1 heterocycles. The molecule has 1 amide bonds. The Morgan fingerprint density at radius 2 is 2.10 bits per heavy atom. The van der Waals surface area contributed by atoms with Crippen molar-refractivity contribution >= 4 is 24.5 Å². The van der Waals surface area contributed by atoms with Crippen LogP contribution in [0.1, 0.15) is 18.1 Å². The molecule has 1 aliphatic rings. The number of β-amino-alcohol motifs (C(OH)–C–C–N with tert-alkyl or cyclic N) is 1. The summed E-state index contributed by atoms with van der Waals surface area (Å²) in [4.78, 5) is 22.1. The van der Waals surface area contributed by atoms with Gasteiger partial charge in [0.15, 0.2) is 0 Å². The number of carbonyl (C=O) groups excluding carboxylic acids is 1. The van der Waals surface area contributed by atoms with E-state index >= 15 is 0 Å². The standard InChI is InChI=1S/C24H28N4O3/c1-3-26-14-23(25-2)24(30)27-20-9-6-10-22(13-20)31-17-21(29)16-28-12-11-18-7-4-5-8-19(18)15-28/h3-10,13-14,21,29H,2,11-12,15-17H2,1H3,(H,27,30)/b23-14-,26-3-. The molecule has 0 saturated heterocycles. The molecule has 2 aromatic rings. The van der Waals surface area contributed by atoms with Crippen molar-refractivity contribution in [3.05, 3.63) is 71.6 Å². The lowest BCUT2D eigenvalue weighted by Gasteiger charge is -2.30. The third kappa shape index (κ3) is 6.60. The predicted octanol–water partition coefficient (Wildman–Crippen LogP) is 3.06. The number of ether oxygens (including phenoxy) is 1. The van der Waals surface area contributed by atoms with Crippen LogP contribution in [0, 0.1) is 0 Å². The number of fused-ring (bicyclic) bond motifs is 1. The van der Waals surface area contributed by atoms with E-state index in [1.54, 1.807) is 37.4 Å². The number of carbonyl (C=O) groups is 1. The fourth-order valence-corrected chi connectivity index (χ4v) is 3.43. The Morgan fingerprint density at radius 3 is 2.87 bits per heavy atom. The smallest absolute Gasteiger partial charge is 0.275 e. The van der Waals surface area contributed by atoms with E-state index in [0.717, 1.165) is 19.5 Å². The largest absolute Gasteiger partial charge is 0.491 e. The van der Waals surface area contributed by atoms with Gasteiger partial charge in [-0.2, -0.15) is 0 Å². The van der Waals surface area contributed by atoms with Gasteiger partial charge in [0.05, 0.1) is 6.20 Å². The van der Waals surface area contributed by atoms with Crippen molar-refractivity contribution in [2.75, 3.05) is 25.0 Å². The highest BCUT2D eigenvalue weighted by Crippen LogP contribution is 2.20. The van der Waals surface area contributed by atoms with E-state index in [9.17, 15) is 9.90 Å². The summed E-state index contributed by atoms with van der Waals surface area (Å²) < 4.78 is 5.75. The monoisotopic (exact) mass is 420 g/mol. The van der Waals surface area contributed by atoms with Crippen molar-refractivity contribution < 1.29 is 14.6 Å². The summed E-state index contributed by atoms with van der Waals surface area (Å²) in [7, 11) is 0. The Morgan fingerprint density at radius 1 is 1.29 bits per heavy atom. The van der Waals surface area contributed by atoms with Gasteiger partial charge < -0.3 is 15.2 Å². The molecule has 0 fully saturated rings.